The van der Waals surface area contributed by atoms with Crippen molar-refractivity contribution in [1.29, 1.82) is 0 Å². The van der Waals surface area contributed by atoms with Crippen LogP contribution >= 0.6 is 0 Å². The van der Waals surface area contributed by atoms with E-state index in [1.807, 2.05) is 12.1 Å². The molecule has 0 aliphatic carbocycles. The van der Waals surface area contributed by atoms with Gasteiger partial charge in [-0.2, -0.15) is 8.42 Å². The number of hydrogen-bond acceptors (Lipinski definition) is 7. The fraction of sp³-hybridized carbons (Fsp3) is 0.350. The van der Waals surface area contributed by atoms with Crippen molar-refractivity contribution in [3.8, 4) is 0 Å². The van der Waals surface area contributed by atoms with Crippen LogP contribution < -0.4 is 20.4 Å². The summed E-state index contributed by atoms with van der Waals surface area (Å²) in [7, 11) is -4.62. The molecule has 30 heavy (non-hydrogen) atoms. The number of para-hydroxylation sites is 1. The highest BCUT2D eigenvalue weighted by molar-refractivity contribution is 7.86. The van der Waals surface area contributed by atoms with Gasteiger partial charge in [0.05, 0.1) is 13.2 Å². The molecule has 4 rings (SSSR count). The molecule has 0 saturated carbocycles. The van der Waals surface area contributed by atoms with Crippen molar-refractivity contribution < 1.29 is 22.5 Å². The zero-order chi connectivity index (χ0) is 21.3. The molecular weight excluding hydrogens is 408 g/mol. The number of rotatable bonds is 5. The van der Waals surface area contributed by atoms with Gasteiger partial charge in [-0.05, 0) is 35.9 Å². The highest BCUT2D eigenvalue weighted by Gasteiger charge is 2.47. The van der Waals surface area contributed by atoms with Crippen LogP contribution in [0.2, 0.25) is 0 Å². The van der Waals surface area contributed by atoms with E-state index in [1.165, 1.54) is 4.90 Å². The standard InChI is InChI=1S/C20H24N4O5S/c21-13-15-12-17(22-8-10-29-11-9-22)6-7-18(15)23-14-19(25)24(20(23)30(26,27)28)16-4-2-1-3-5-16/h1-7,12,20H,8-11,13-14,21H2,(H,26,27,28). The summed E-state index contributed by atoms with van der Waals surface area (Å²) in [6, 6.07) is 14.0. The van der Waals surface area contributed by atoms with Crippen LogP contribution in [0.25, 0.3) is 0 Å². The predicted molar refractivity (Wildman–Crippen MR) is 114 cm³/mol. The summed E-state index contributed by atoms with van der Waals surface area (Å²) in [4.78, 5) is 17.4. The third-order valence-corrected chi connectivity index (χ3v) is 6.33. The van der Waals surface area contributed by atoms with Crippen LogP contribution in [0, 0.1) is 0 Å². The molecule has 10 heteroatoms. The molecule has 2 saturated heterocycles. The lowest BCUT2D eigenvalue weighted by Crippen LogP contribution is -2.46. The normalized spacial score (nSPS) is 20.1. The van der Waals surface area contributed by atoms with Gasteiger partial charge in [-0.15, -0.1) is 0 Å². The van der Waals surface area contributed by atoms with Gasteiger partial charge < -0.3 is 20.3 Å². The summed E-state index contributed by atoms with van der Waals surface area (Å²) in [5.41, 5.74) is 6.95. The first kappa shape index (κ1) is 20.6. The van der Waals surface area contributed by atoms with Crippen molar-refractivity contribution in [3.63, 3.8) is 0 Å². The first-order valence-corrected chi connectivity index (χ1v) is 11.2. The highest BCUT2D eigenvalue weighted by Crippen LogP contribution is 2.35. The van der Waals surface area contributed by atoms with Crippen LogP contribution in [-0.2, 0) is 26.2 Å². The van der Waals surface area contributed by atoms with E-state index in [-0.39, 0.29) is 13.1 Å². The first-order valence-electron chi connectivity index (χ1n) is 9.66. The van der Waals surface area contributed by atoms with E-state index in [9.17, 15) is 17.8 Å². The number of amides is 1. The van der Waals surface area contributed by atoms with Gasteiger partial charge in [0.1, 0.15) is 6.54 Å². The van der Waals surface area contributed by atoms with Crippen molar-refractivity contribution in [2.24, 2.45) is 5.73 Å². The van der Waals surface area contributed by atoms with Crippen molar-refractivity contribution in [1.82, 2.24) is 0 Å². The molecule has 1 unspecified atom stereocenters. The maximum atomic E-state index is 12.8. The molecule has 2 aromatic rings. The molecule has 9 nitrogen and oxygen atoms in total. The van der Waals surface area contributed by atoms with Gasteiger partial charge in [0, 0.05) is 36.7 Å². The van der Waals surface area contributed by atoms with Crippen molar-refractivity contribution in [2.45, 2.75) is 12.0 Å². The number of nitrogens with zero attached hydrogens (tertiary/aromatic N) is 3. The van der Waals surface area contributed by atoms with Gasteiger partial charge in [0.25, 0.3) is 0 Å². The number of anilines is 3. The Hall–Kier alpha value is -2.66. The average molecular weight is 433 g/mol. The SMILES string of the molecule is NCc1cc(N2CCOCC2)ccc1N1CC(=O)N(c2ccccc2)C1S(=O)(=O)O. The zero-order valence-electron chi connectivity index (χ0n) is 16.3. The maximum absolute atomic E-state index is 12.8. The van der Waals surface area contributed by atoms with Crippen molar-refractivity contribution in [2.75, 3.05) is 47.5 Å². The lowest BCUT2D eigenvalue weighted by atomic mass is 10.1. The number of nitrogens with two attached hydrogens (primary N) is 1. The quantitative estimate of drug-likeness (QED) is 0.673. The number of morpholine rings is 1. The Morgan fingerprint density at radius 3 is 2.40 bits per heavy atom. The summed E-state index contributed by atoms with van der Waals surface area (Å²) >= 11 is 0. The Bertz CT molecular complexity index is 1020. The van der Waals surface area contributed by atoms with Gasteiger partial charge in [-0.25, -0.2) is 0 Å². The second-order valence-corrected chi connectivity index (χ2v) is 8.64. The average Bonchev–Trinajstić information content (AvgIpc) is 3.12. The van der Waals surface area contributed by atoms with Gasteiger partial charge in [0.2, 0.25) is 11.4 Å². The fourth-order valence-electron chi connectivity index (χ4n) is 3.95. The molecule has 2 aliphatic rings. The number of benzene rings is 2. The molecule has 0 aromatic heterocycles. The third-order valence-electron chi connectivity index (χ3n) is 5.33. The van der Waals surface area contributed by atoms with Crippen LogP contribution in [0.4, 0.5) is 17.1 Å². The molecule has 1 amide bonds. The van der Waals surface area contributed by atoms with Crippen LogP contribution in [0.15, 0.2) is 48.5 Å². The summed E-state index contributed by atoms with van der Waals surface area (Å²) in [6.45, 7) is 2.74. The largest absolute Gasteiger partial charge is 0.378 e. The van der Waals surface area contributed by atoms with Crippen molar-refractivity contribution in [3.05, 3.63) is 54.1 Å². The summed E-state index contributed by atoms with van der Waals surface area (Å²) in [6.07, 6.45) is 0. The second-order valence-electron chi connectivity index (χ2n) is 7.19. The molecule has 2 heterocycles. The van der Waals surface area contributed by atoms with E-state index in [4.69, 9.17) is 10.5 Å². The Labute approximate surface area is 175 Å². The molecule has 160 valence electrons. The molecule has 1 atom stereocenters. The molecule has 2 fully saturated rings. The van der Waals surface area contributed by atoms with Gasteiger partial charge >= 0.3 is 10.1 Å². The van der Waals surface area contributed by atoms with Crippen LogP contribution in [-0.4, -0.2) is 57.2 Å². The number of carbonyl (C=O) groups is 1. The third kappa shape index (κ3) is 3.86. The van der Waals surface area contributed by atoms with E-state index in [1.54, 1.807) is 36.4 Å². The van der Waals surface area contributed by atoms with E-state index in [2.05, 4.69) is 4.90 Å². The van der Waals surface area contributed by atoms with Crippen LogP contribution in [0.5, 0.6) is 0 Å². The number of ether oxygens (including phenoxy) is 1. The van der Waals surface area contributed by atoms with E-state index >= 15 is 0 Å². The van der Waals surface area contributed by atoms with E-state index < -0.39 is 21.5 Å². The predicted octanol–water partition coefficient (Wildman–Crippen LogP) is 1.01. The molecule has 2 aliphatic heterocycles. The van der Waals surface area contributed by atoms with Gasteiger partial charge in [-0.3, -0.25) is 14.2 Å². The molecule has 2 aromatic carbocycles. The number of carbonyl (C=O) groups excluding carboxylic acids is 1. The van der Waals surface area contributed by atoms with Crippen LogP contribution in [0.3, 0.4) is 0 Å². The summed E-state index contributed by atoms with van der Waals surface area (Å²) < 4.78 is 40.0. The minimum Gasteiger partial charge on any atom is -0.378 e. The molecule has 3 N–H and O–H groups in total. The van der Waals surface area contributed by atoms with Crippen molar-refractivity contribution >= 4 is 33.1 Å². The fourth-order valence-corrected chi connectivity index (χ4v) is 4.97. The summed E-state index contributed by atoms with van der Waals surface area (Å²) in [5.74, 6) is -0.427. The monoisotopic (exact) mass is 432 g/mol. The first-order chi connectivity index (χ1) is 14.4. The van der Waals surface area contributed by atoms with E-state index in [0.29, 0.717) is 30.2 Å². The minimum absolute atomic E-state index is 0.155. The minimum atomic E-state index is -4.62. The molecular formula is C20H24N4O5S. The molecule has 0 radical (unpaired) electrons. The number of hydrogen-bond donors (Lipinski definition) is 2. The second kappa shape index (κ2) is 8.23. The molecule has 0 spiro atoms. The Kier molecular flexibility index (Phi) is 5.65. The lowest BCUT2D eigenvalue weighted by molar-refractivity contribution is -0.116. The Balaban J connectivity index is 1.74. The molecule has 0 bridgehead atoms. The van der Waals surface area contributed by atoms with Crippen LogP contribution in [0.1, 0.15) is 5.56 Å². The maximum Gasteiger partial charge on any atom is 0.306 e. The lowest BCUT2D eigenvalue weighted by Gasteiger charge is -2.32. The summed E-state index contributed by atoms with van der Waals surface area (Å²) in [5, 5.41) is 0. The van der Waals surface area contributed by atoms with E-state index in [0.717, 1.165) is 23.7 Å². The van der Waals surface area contributed by atoms with Gasteiger partial charge in [-0.1, -0.05) is 18.2 Å². The smallest absolute Gasteiger partial charge is 0.306 e. The topological polar surface area (TPSA) is 116 Å². The Morgan fingerprint density at radius 1 is 1.07 bits per heavy atom. The van der Waals surface area contributed by atoms with Gasteiger partial charge in [0.15, 0.2) is 0 Å². The Morgan fingerprint density at radius 2 is 1.77 bits per heavy atom. The highest BCUT2D eigenvalue weighted by atomic mass is 32.2. The zero-order valence-corrected chi connectivity index (χ0v) is 17.2.